The quantitative estimate of drug-likeness (QED) is 0.780. The molecule has 0 aromatic rings. The van der Waals surface area contributed by atoms with Crippen molar-refractivity contribution < 1.29 is 19.0 Å². The molecule has 0 bridgehead atoms. The van der Waals surface area contributed by atoms with Crippen LogP contribution in [0.2, 0.25) is 0 Å². The average Bonchev–Trinajstić information content (AvgIpc) is 2.47. The molecule has 2 fully saturated rings. The maximum Gasteiger partial charge on any atom is 0.217 e. The molecule has 2 aliphatic rings. The fourth-order valence-electron chi connectivity index (χ4n) is 2.49. The number of ether oxygens (including phenoxy) is 3. The van der Waals surface area contributed by atoms with Crippen LogP contribution >= 0.6 is 0 Å². The van der Waals surface area contributed by atoms with Crippen LogP contribution in [-0.4, -0.2) is 29.7 Å². The molecular weight excluding hydrogens is 210 g/mol. The topological polar surface area (TPSA) is 70.8 Å². The summed E-state index contributed by atoms with van der Waals surface area (Å²) in [5, 5.41) is 0. The van der Waals surface area contributed by atoms with Gasteiger partial charge in [0, 0.05) is 12.8 Å². The van der Waals surface area contributed by atoms with Crippen molar-refractivity contribution in [3.8, 4) is 0 Å². The van der Waals surface area contributed by atoms with E-state index in [0.717, 1.165) is 6.42 Å². The second-order valence-electron chi connectivity index (χ2n) is 5.10. The van der Waals surface area contributed by atoms with Gasteiger partial charge in [-0.25, -0.2) is 0 Å². The Labute approximate surface area is 95.2 Å². The van der Waals surface area contributed by atoms with Gasteiger partial charge in [-0.05, 0) is 27.2 Å². The molecular formula is C11H19NO4. The first-order valence-corrected chi connectivity index (χ1v) is 5.65. The van der Waals surface area contributed by atoms with Gasteiger partial charge >= 0.3 is 0 Å². The number of primary amides is 1. The van der Waals surface area contributed by atoms with Crippen molar-refractivity contribution in [3.05, 3.63) is 0 Å². The van der Waals surface area contributed by atoms with Crippen LogP contribution in [0.5, 0.6) is 0 Å². The predicted octanol–water partition coefficient (Wildman–Crippen LogP) is 0.908. The van der Waals surface area contributed by atoms with E-state index in [2.05, 4.69) is 0 Å². The van der Waals surface area contributed by atoms with Crippen LogP contribution in [0.4, 0.5) is 0 Å². The number of hydrogen-bond acceptors (Lipinski definition) is 4. The molecule has 16 heavy (non-hydrogen) atoms. The third kappa shape index (κ3) is 2.21. The lowest BCUT2D eigenvalue weighted by atomic mass is 10.1. The first kappa shape index (κ1) is 11.8. The second-order valence-corrected chi connectivity index (χ2v) is 5.10. The standard InChI is InChI=1S/C11H19NO4/c1-10(2)15-8-6-7(4-5-9(12)13)14-11(8,3)16-10/h7-8H,4-6H2,1-3H3,(H2,12,13)/t7-,8-,11+/m1/s1. The molecule has 0 unspecified atom stereocenters. The third-order valence-corrected chi connectivity index (χ3v) is 3.05. The van der Waals surface area contributed by atoms with Gasteiger partial charge in [-0.15, -0.1) is 0 Å². The summed E-state index contributed by atoms with van der Waals surface area (Å²) in [7, 11) is 0. The van der Waals surface area contributed by atoms with Crippen LogP contribution < -0.4 is 5.73 Å². The summed E-state index contributed by atoms with van der Waals surface area (Å²) in [6.07, 6.45) is 1.68. The van der Waals surface area contributed by atoms with Gasteiger partial charge in [0.25, 0.3) is 0 Å². The molecule has 0 aliphatic carbocycles. The maximum absolute atomic E-state index is 10.7. The van der Waals surface area contributed by atoms with Crippen LogP contribution in [0.25, 0.3) is 0 Å². The molecule has 5 heteroatoms. The number of carbonyl (C=O) groups is 1. The highest BCUT2D eigenvalue weighted by atomic mass is 16.8. The van der Waals surface area contributed by atoms with Crippen LogP contribution in [0.1, 0.15) is 40.0 Å². The van der Waals surface area contributed by atoms with E-state index in [1.54, 1.807) is 0 Å². The number of carbonyl (C=O) groups excluding carboxylic acids is 1. The van der Waals surface area contributed by atoms with E-state index in [1.807, 2.05) is 20.8 Å². The van der Waals surface area contributed by atoms with Gasteiger partial charge < -0.3 is 19.9 Å². The molecule has 1 amide bonds. The summed E-state index contributed by atoms with van der Waals surface area (Å²) >= 11 is 0. The largest absolute Gasteiger partial charge is 0.370 e. The van der Waals surface area contributed by atoms with Crippen LogP contribution in [-0.2, 0) is 19.0 Å². The van der Waals surface area contributed by atoms with Gasteiger partial charge in [-0.1, -0.05) is 0 Å². The Kier molecular flexibility index (Phi) is 2.72. The highest BCUT2D eigenvalue weighted by molar-refractivity contribution is 5.73. The molecule has 2 saturated heterocycles. The summed E-state index contributed by atoms with van der Waals surface area (Å²) in [5.41, 5.74) is 5.11. The van der Waals surface area contributed by atoms with Crippen LogP contribution in [0.15, 0.2) is 0 Å². The number of nitrogens with two attached hydrogens (primary N) is 1. The minimum absolute atomic E-state index is 0.00130. The first-order chi connectivity index (χ1) is 7.31. The van der Waals surface area contributed by atoms with Crippen molar-refractivity contribution >= 4 is 5.91 Å². The highest BCUT2D eigenvalue weighted by Crippen LogP contribution is 2.45. The lowest BCUT2D eigenvalue weighted by Gasteiger charge is -2.25. The number of fused-ring (bicyclic) bond motifs is 1. The first-order valence-electron chi connectivity index (χ1n) is 5.65. The molecule has 0 saturated carbocycles. The summed E-state index contributed by atoms with van der Waals surface area (Å²) < 4.78 is 17.3. The van der Waals surface area contributed by atoms with Crippen molar-refractivity contribution in [3.63, 3.8) is 0 Å². The predicted molar refractivity (Wildman–Crippen MR) is 56.4 cm³/mol. The van der Waals surface area contributed by atoms with Crippen LogP contribution in [0.3, 0.4) is 0 Å². The monoisotopic (exact) mass is 229 g/mol. The highest BCUT2D eigenvalue weighted by Gasteiger charge is 2.56. The Morgan fingerprint density at radius 2 is 2.06 bits per heavy atom. The molecule has 3 atom stereocenters. The van der Waals surface area contributed by atoms with E-state index in [-0.39, 0.29) is 18.1 Å². The SMILES string of the molecule is CC1(C)O[C@@H]2C[C@@H](CCC(N)=O)O[C@@]2(C)O1. The molecule has 0 aromatic heterocycles. The van der Waals surface area contributed by atoms with E-state index >= 15 is 0 Å². The molecule has 0 radical (unpaired) electrons. The molecule has 2 rings (SSSR count). The zero-order valence-electron chi connectivity index (χ0n) is 9.99. The van der Waals surface area contributed by atoms with Crippen molar-refractivity contribution in [1.29, 1.82) is 0 Å². The van der Waals surface area contributed by atoms with Crippen molar-refractivity contribution in [1.82, 2.24) is 0 Å². The molecule has 5 nitrogen and oxygen atoms in total. The van der Waals surface area contributed by atoms with E-state index < -0.39 is 11.6 Å². The molecule has 2 N–H and O–H groups in total. The van der Waals surface area contributed by atoms with Gasteiger partial charge in [0.05, 0.1) is 6.10 Å². The van der Waals surface area contributed by atoms with Crippen molar-refractivity contribution in [2.45, 2.75) is 63.8 Å². The maximum atomic E-state index is 10.7. The van der Waals surface area contributed by atoms with E-state index in [1.165, 1.54) is 0 Å². The zero-order chi connectivity index (χ0) is 12.0. The Morgan fingerprint density at radius 1 is 1.38 bits per heavy atom. The Bertz CT molecular complexity index is 304. The number of amides is 1. The molecule has 0 spiro atoms. The van der Waals surface area contributed by atoms with Gasteiger partial charge in [-0.2, -0.15) is 0 Å². The van der Waals surface area contributed by atoms with E-state index in [4.69, 9.17) is 19.9 Å². The average molecular weight is 229 g/mol. The zero-order valence-corrected chi connectivity index (χ0v) is 9.99. The molecule has 2 aliphatic heterocycles. The van der Waals surface area contributed by atoms with Crippen LogP contribution in [0, 0.1) is 0 Å². The Hall–Kier alpha value is -0.650. The lowest BCUT2D eigenvalue weighted by molar-refractivity contribution is -0.251. The Balaban J connectivity index is 1.92. The van der Waals surface area contributed by atoms with E-state index in [9.17, 15) is 4.79 Å². The third-order valence-electron chi connectivity index (χ3n) is 3.05. The summed E-state index contributed by atoms with van der Waals surface area (Å²) in [6, 6.07) is 0. The normalized spacial score (nSPS) is 40.9. The second kappa shape index (κ2) is 3.68. The van der Waals surface area contributed by atoms with Gasteiger partial charge in [0.15, 0.2) is 11.6 Å². The molecule has 0 aromatic carbocycles. The number of rotatable bonds is 3. The van der Waals surface area contributed by atoms with Crippen molar-refractivity contribution in [2.24, 2.45) is 5.73 Å². The lowest BCUT2D eigenvalue weighted by Crippen LogP contribution is -2.34. The minimum atomic E-state index is -0.675. The summed E-state index contributed by atoms with van der Waals surface area (Å²) in [4.78, 5) is 10.7. The van der Waals surface area contributed by atoms with Gasteiger partial charge in [-0.3, -0.25) is 4.79 Å². The summed E-state index contributed by atoms with van der Waals surface area (Å²) in [6.45, 7) is 5.63. The van der Waals surface area contributed by atoms with Gasteiger partial charge in [0.2, 0.25) is 5.91 Å². The van der Waals surface area contributed by atoms with Gasteiger partial charge in [0.1, 0.15) is 6.10 Å². The van der Waals surface area contributed by atoms with Crippen molar-refractivity contribution in [2.75, 3.05) is 0 Å². The minimum Gasteiger partial charge on any atom is -0.370 e. The smallest absolute Gasteiger partial charge is 0.217 e. The molecule has 2 heterocycles. The fraction of sp³-hybridized carbons (Fsp3) is 0.909. The Morgan fingerprint density at radius 3 is 2.62 bits per heavy atom. The summed E-state index contributed by atoms with van der Waals surface area (Å²) in [5.74, 6) is -1.56. The van der Waals surface area contributed by atoms with E-state index in [0.29, 0.717) is 12.8 Å². The fourth-order valence-corrected chi connectivity index (χ4v) is 2.49. The molecule has 92 valence electrons. The number of hydrogen-bond donors (Lipinski definition) is 1.